The van der Waals surface area contributed by atoms with Crippen LogP contribution in [0, 0.1) is 0 Å². The van der Waals surface area contributed by atoms with Crippen molar-refractivity contribution in [3.63, 3.8) is 0 Å². The van der Waals surface area contributed by atoms with Crippen molar-refractivity contribution in [2.24, 2.45) is 0 Å². The van der Waals surface area contributed by atoms with Crippen LogP contribution in [-0.2, 0) is 13.0 Å². The van der Waals surface area contributed by atoms with Gasteiger partial charge in [-0.25, -0.2) is 4.52 Å². The molecule has 6 heteroatoms. The standard InChI is InChI=1S/C23H22N4O2/c1-2-13-25-19-11-5-6-12-20(19)27-21(23(25)29)15-17(24-27)22(28)26-14-7-9-16-8-3-4-10-18(16)26/h3-6,8,10-12,15H,2,7,9,13-14H2,1H3. The predicted molar refractivity (Wildman–Crippen MR) is 114 cm³/mol. The van der Waals surface area contributed by atoms with E-state index in [-0.39, 0.29) is 11.5 Å². The summed E-state index contributed by atoms with van der Waals surface area (Å²) in [5, 5.41) is 4.56. The van der Waals surface area contributed by atoms with Crippen LogP contribution in [0.25, 0.3) is 16.6 Å². The molecule has 0 fully saturated rings. The maximum Gasteiger partial charge on any atom is 0.278 e. The number of aromatic nitrogens is 3. The lowest BCUT2D eigenvalue weighted by Crippen LogP contribution is -2.35. The van der Waals surface area contributed by atoms with E-state index in [9.17, 15) is 9.59 Å². The maximum atomic E-state index is 13.3. The lowest BCUT2D eigenvalue weighted by atomic mass is 10.0. The molecular formula is C23H22N4O2. The number of para-hydroxylation sites is 3. The molecule has 0 spiro atoms. The SMILES string of the molecule is CCCn1c(=O)c2cc(C(=O)N3CCCc4ccccc43)nn2c2ccccc21. The Morgan fingerprint density at radius 1 is 1.03 bits per heavy atom. The fraction of sp³-hybridized carbons (Fsp3) is 0.261. The van der Waals surface area contributed by atoms with E-state index in [2.05, 4.69) is 11.2 Å². The zero-order valence-corrected chi connectivity index (χ0v) is 16.3. The van der Waals surface area contributed by atoms with E-state index in [4.69, 9.17) is 0 Å². The van der Waals surface area contributed by atoms with Crippen LogP contribution in [0.5, 0.6) is 0 Å². The fourth-order valence-corrected chi connectivity index (χ4v) is 4.27. The van der Waals surface area contributed by atoms with Gasteiger partial charge in [0.15, 0.2) is 5.69 Å². The summed E-state index contributed by atoms with van der Waals surface area (Å²) in [6.45, 7) is 3.33. The Kier molecular flexibility index (Phi) is 4.19. The highest BCUT2D eigenvalue weighted by Gasteiger charge is 2.26. The number of nitrogens with zero attached hydrogens (tertiary/aromatic N) is 4. The summed E-state index contributed by atoms with van der Waals surface area (Å²) in [5.41, 5.74) is 4.40. The molecule has 0 unspecified atom stereocenters. The molecule has 29 heavy (non-hydrogen) atoms. The molecule has 0 saturated carbocycles. The Morgan fingerprint density at radius 3 is 2.62 bits per heavy atom. The van der Waals surface area contributed by atoms with Gasteiger partial charge in [0, 0.05) is 24.8 Å². The van der Waals surface area contributed by atoms with Crippen LogP contribution in [0.4, 0.5) is 5.69 Å². The molecule has 2 aromatic carbocycles. The average Bonchev–Trinajstić information content (AvgIpc) is 3.22. The van der Waals surface area contributed by atoms with Gasteiger partial charge in [-0.05, 0) is 43.0 Å². The van der Waals surface area contributed by atoms with Gasteiger partial charge in [-0.15, -0.1) is 0 Å². The molecule has 0 radical (unpaired) electrons. The lowest BCUT2D eigenvalue weighted by molar-refractivity contribution is 0.0980. The van der Waals surface area contributed by atoms with Crippen LogP contribution >= 0.6 is 0 Å². The second-order valence-electron chi connectivity index (χ2n) is 7.46. The Balaban J connectivity index is 1.68. The van der Waals surface area contributed by atoms with Crippen LogP contribution in [0.15, 0.2) is 59.4 Å². The number of rotatable bonds is 3. The first-order chi connectivity index (χ1) is 14.2. The summed E-state index contributed by atoms with van der Waals surface area (Å²) in [4.78, 5) is 28.2. The Labute approximate surface area is 168 Å². The van der Waals surface area contributed by atoms with E-state index >= 15 is 0 Å². The van der Waals surface area contributed by atoms with E-state index in [1.54, 1.807) is 20.0 Å². The number of fused-ring (bicyclic) bond motifs is 4. The second-order valence-corrected chi connectivity index (χ2v) is 7.46. The van der Waals surface area contributed by atoms with Gasteiger partial charge in [-0.1, -0.05) is 37.3 Å². The largest absolute Gasteiger partial charge is 0.307 e. The molecule has 6 nitrogen and oxygen atoms in total. The van der Waals surface area contributed by atoms with Crippen LogP contribution in [0.3, 0.4) is 0 Å². The third kappa shape index (κ3) is 2.75. The molecule has 1 aliphatic rings. The van der Waals surface area contributed by atoms with Crippen LogP contribution in [0.1, 0.15) is 35.8 Å². The van der Waals surface area contributed by atoms with Crippen molar-refractivity contribution in [3.8, 4) is 0 Å². The third-order valence-electron chi connectivity index (χ3n) is 5.60. The quantitative estimate of drug-likeness (QED) is 0.540. The van der Waals surface area contributed by atoms with Crippen molar-refractivity contribution in [1.29, 1.82) is 0 Å². The first kappa shape index (κ1) is 17.7. The summed E-state index contributed by atoms with van der Waals surface area (Å²) in [6, 6.07) is 17.3. The van der Waals surface area contributed by atoms with E-state index in [1.807, 2.05) is 49.4 Å². The number of benzene rings is 2. The van der Waals surface area contributed by atoms with Crippen molar-refractivity contribution in [3.05, 3.63) is 76.2 Å². The molecule has 2 aromatic heterocycles. The second kappa shape index (κ2) is 6.88. The molecule has 1 aliphatic heterocycles. The van der Waals surface area contributed by atoms with Gasteiger partial charge in [0.05, 0.1) is 11.0 Å². The van der Waals surface area contributed by atoms with Crippen molar-refractivity contribution >= 4 is 28.1 Å². The molecule has 0 atom stereocenters. The molecule has 5 rings (SSSR count). The van der Waals surface area contributed by atoms with Gasteiger partial charge in [0.2, 0.25) is 0 Å². The zero-order chi connectivity index (χ0) is 20.0. The lowest BCUT2D eigenvalue weighted by Gasteiger charge is -2.28. The minimum absolute atomic E-state index is 0.115. The number of hydrogen-bond acceptors (Lipinski definition) is 3. The van der Waals surface area contributed by atoms with Gasteiger partial charge in [-0.3, -0.25) is 9.59 Å². The highest BCUT2D eigenvalue weighted by atomic mass is 16.2. The third-order valence-corrected chi connectivity index (χ3v) is 5.60. The highest BCUT2D eigenvalue weighted by Crippen LogP contribution is 2.28. The molecule has 1 amide bonds. The number of carbonyl (C=O) groups is 1. The predicted octanol–water partition coefficient (Wildman–Crippen LogP) is 3.65. The number of aryl methyl sites for hydroxylation is 2. The van der Waals surface area contributed by atoms with Crippen molar-refractivity contribution < 1.29 is 4.79 Å². The van der Waals surface area contributed by atoms with Gasteiger partial charge in [0.25, 0.3) is 11.5 Å². The van der Waals surface area contributed by atoms with Crippen LogP contribution < -0.4 is 10.5 Å². The molecular weight excluding hydrogens is 364 g/mol. The smallest absolute Gasteiger partial charge is 0.278 e. The maximum absolute atomic E-state index is 13.3. The first-order valence-corrected chi connectivity index (χ1v) is 10.1. The molecule has 0 saturated heterocycles. The summed E-state index contributed by atoms with van der Waals surface area (Å²) < 4.78 is 3.39. The molecule has 3 heterocycles. The van der Waals surface area contributed by atoms with Crippen molar-refractivity contribution in [1.82, 2.24) is 14.2 Å². The van der Waals surface area contributed by atoms with Gasteiger partial charge >= 0.3 is 0 Å². The molecule has 0 N–H and O–H groups in total. The van der Waals surface area contributed by atoms with Crippen molar-refractivity contribution in [2.45, 2.75) is 32.7 Å². The first-order valence-electron chi connectivity index (χ1n) is 10.1. The van der Waals surface area contributed by atoms with E-state index in [0.29, 0.717) is 24.3 Å². The molecule has 0 aliphatic carbocycles. The number of hydrogen-bond donors (Lipinski definition) is 0. The van der Waals surface area contributed by atoms with E-state index < -0.39 is 0 Å². The normalized spacial score (nSPS) is 13.8. The summed E-state index contributed by atoms with van der Waals surface area (Å²) in [6.07, 6.45) is 2.74. The van der Waals surface area contributed by atoms with Crippen LogP contribution in [-0.4, -0.2) is 26.6 Å². The van der Waals surface area contributed by atoms with Gasteiger partial charge in [-0.2, -0.15) is 5.10 Å². The number of carbonyl (C=O) groups excluding carboxylic acids is 1. The zero-order valence-electron chi connectivity index (χ0n) is 16.3. The average molecular weight is 386 g/mol. The summed E-state index contributed by atoms with van der Waals surface area (Å²) in [5.74, 6) is -0.161. The Hall–Kier alpha value is -3.41. The molecule has 0 bridgehead atoms. The monoisotopic (exact) mass is 386 g/mol. The van der Waals surface area contributed by atoms with Gasteiger partial charge < -0.3 is 9.47 Å². The van der Waals surface area contributed by atoms with E-state index in [1.165, 1.54) is 5.56 Å². The van der Waals surface area contributed by atoms with Gasteiger partial charge in [0.1, 0.15) is 5.52 Å². The van der Waals surface area contributed by atoms with Crippen molar-refractivity contribution in [2.75, 3.05) is 11.4 Å². The Bertz CT molecular complexity index is 1300. The van der Waals surface area contributed by atoms with Crippen LogP contribution in [0.2, 0.25) is 0 Å². The molecule has 146 valence electrons. The fourth-order valence-electron chi connectivity index (χ4n) is 4.27. The summed E-state index contributed by atoms with van der Waals surface area (Å²) in [7, 11) is 0. The minimum atomic E-state index is -0.161. The number of anilines is 1. The minimum Gasteiger partial charge on any atom is -0.307 e. The van der Waals surface area contributed by atoms with E-state index in [0.717, 1.165) is 36.0 Å². The molecule has 4 aromatic rings. The Morgan fingerprint density at radius 2 is 1.79 bits per heavy atom. The summed E-state index contributed by atoms with van der Waals surface area (Å²) >= 11 is 0. The topological polar surface area (TPSA) is 59.6 Å². The number of amides is 1. The highest BCUT2D eigenvalue weighted by molar-refractivity contribution is 6.06.